The Bertz CT molecular complexity index is 606. The van der Waals surface area contributed by atoms with Crippen molar-refractivity contribution in [2.45, 2.75) is 11.3 Å². The van der Waals surface area contributed by atoms with Crippen molar-refractivity contribution in [2.24, 2.45) is 0 Å². The minimum Gasteiger partial charge on any atom is -0.478 e. The number of carbonyl (C=O) groups is 1. The van der Waals surface area contributed by atoms with E-state index in [0.717, 1.165) is 6.07 Å². The summed E-state index contributed by atoms with van der Waals surface area (Å²) in [5, 5.41) is 8.71. The lowest BCUT2D eigenvalue weighted by atomic mass is 10.2. The van der Waals surface area contributed by atoms with Crippen LogP contribution in [0, 0.1) is 5.82 Å². The number of rotatable bonds is 8. The van der Waals surface area contributed by atoms with Crippen LogP contribution in [0.1, 0.15) is 10.4 Å². The van der Waals surface area contributed by atoms with Gasteiger partial charge in [0.15, 0.2) is 0 Å². The fourth-order valence-corrected chi connectivity index (χ4v) is 2.38. The van der Waals surface area contributed by atoms with Crippen LogP contribution in [0.25, 0.3) is 0 Å². The van der Waals surface area contributed by atoms with Crippen molar-refractivity contribution >= 4 is 16.0 Å². The summed E-state index contributed by atoms with van der Waals surface area (Å²) in [5.41, 5.74) is -0.785. The molecule has 0 aliphatic carbocycles. The number of ether oxygens (including phenoxy) is 1. The van der Waals surface area contributed by atoms with Gasteiger partial charge in [-0.1, -0.05) is 0 Å². The van der Waals surface area contributed by atoms with Crippen molar-refractivity contribution in [3.8, 4) is 0 Å². The number of carboxylic acids is 1. The van der Waals surface area contributed by atoms with Gasteiger partial charge in [0.25, 0.3) is 6.43 Å². The lowest BCUT2D eigenvalue weighted by Gasteiger charge is -2.08. The standard InChI is InChI=1S/C11H12F3NO5S/c12-9-2-1-7(5-8(9)11(16)17)21(18,19)15-3-4-20-6-10(13)14/h1-2,5,10,15H,3-4,6H2,(H,16,17). The summed E-state index contributed by atoms with van der Waals surface area (Å²) < 4.78 is 66.7. The van der Waals surface area contributed by atoms with E-state index in [1.807, 2.05) is 4.72 Å². The SMILES string of the molecule is O=C(O)c1cc(S(=O)(=O)NCCOCC(F)F)ccc1F. The Kier molecular flexibility index (Phi) is 6.12. The molecular weight excluding hydrogens is 315 g/mol. The van der Waals surface area contributed by atoms with Gasteiger partial charge >= 0.3 is 5.97 Å². The van der Waals surface area contributed by atoms with Crippen molar-refractivity contribution in [1.29, 1.82) is 0 Å². The van der Waals surface area contributed by atoms with Crippen molar-refractivity contribution in [2.75, 3.05) is 19.8 Å². The molecule has 0 bridgehead atoms. The molecule has 0 aliphatic heterocycles. The number of alkyl halides is 2. The lowest BCUT2D eigenvalue weighted by molar-refractivity contribution is 0.0199. The maximum absolute atomic E-state index is 13.1. The molecule has 0 radical (unpaired) electrons. The van der Waals surface area contributed by atoms with Crippen molar-refractivity contribution in [1.82, 2.24) is 4.72 Å². The molecule has 0 fully saturated rings. The van der Waals surface area contributed by atoms with Gasteiger partial charge < -0.3 is 9.84 Å². The molecule has 0 spiro atoms. The zero-order valence-electron chi connectivity index (χ0n) is 10.6. The van der Waals surface area contributed by atoms with E-state index in [4.69, 9.17) is 5.11 Å². The first-order valence-electron chi connectivity index (χ1n) is 5.62. The number of halogens is 3. The maximum Gasteiger partial charge on any atom is 0.338 e. The van der Waals surface area contributed by atoms with Crippen LogP contribution < -0.4 is 4.72 Å². The van der Waals surface area contributed by atoms with Crippen LogP contribution in [0.2, 0.25) is 0 Å². The average Bonchev–Trinajstić information content (AvgIpc) is 2.37. The third kappa shape index (κ3) is 5.33. The Hall–Kier alpha value is -1.65. The van der Waals surface area contributed by atoms with E-state index in [0.29, 0.717) is 12.1 Å². The van der Waals surface area contributed by atoms with E-state index in [9.17, 15) is 26.4 Å². The largest absolute Gasteiger partial charge is 0.478 e. The smallest absolute Gasteiger partial charge is 0.338 e. The zero-order chi connectivity index (χ0) is 16.0. The van der Waals surface area contributed by atoms with E-state index < -0.39 is 45.3 Å². The number of nitrogens with one attached hydrogen (secondary N) is 1. The van der Waals surface area contributed by atoms with Gasteiger partial charge in [0.05, 0.1) is 17.1 Å². The maximum atomic E-state index is 13.1. The highest BCUT2D eigenvalue weighted by Crippen LogP contribution is 2.15. The number of sulfonamides is 1. The molecule has 118 valence electrons. The Balaban J connectivity index is 2.70. The molecule has 0 aromatic heterocycles. The first-order chi connectivity index (χ1) is 9.74. The average molecular weight is 327 g/mol. The molecule has 0 heterocycles. The molecule has 0 unspecified atom stereocenters. The highest BCUT2D eigenvalue weighted by Gasteiger charge is 2.18. The van der Waals surface area contributed by atoms with E-state index in [1.165, 1.54) is 0 Å². The number of carboxylic acid groups (broad SMARTS) is 1. The van der Waals surface area contributed by atoms with Crippen LogP contribution in [0.5, 0.6) is 0 Å². The second-order valence-electron chi connectivity index (χ2n) is 3.81. The highest BCUT2D eigenvalue weighted by molar-refractivity contribution is 7.89. The van der Waals surface area contributed by atoms with Crippen LogP contribution in [0.4, 0.5) is 13.2 Å². The van der Waals surface area contributed by atoms with Crippen molar-refractivity contribution in [3.05, 3.63) is 29.6 Å². The number of aromatic carboxylic acids is 1. The first kappa shape index (κ1) is 17.4. The summed E-state index contributed by atoms with van der Waals surface area (Å²) in [6.45, 7) is -1.38. The summed E-state index contributed by atoms with van der Waals surface area (Å²) in [6, 6.07) is 2.27. The molecule has 6 nitrogen and oxygen atoms in total. The van der Waals surface area contributed by atoms with Gasteiger partial charge in [-0.3, -0.25) is 0 Å². The summed E-state index contributed by atoms with van der Waals surface area (Å²) in [4.78, 5) is 10.3. The molecule has 21 heavy (non-hydrogen) atoms. The van der Waals surface area contributed by atoms with Gasteiger partial charge in [-0.2, -0.15) is 0 Å². The molecule has 0 saturated carbocycles. The predicted molar refractivity (Wildman–Crippen MR) is 65.4 cm³/mol. The molecule has 0 aliphatic rings. The minimum atomic E-state index is -4.08. The number of hydrogen-bond acceptors (Lipinski definition) is 4. The Morgan fingerprint density at radius 2 is 2.05 bits per heavy atom. The van der Waals surface area contributed by atoms with Crippen molar-refractivity contribution in [3.63, 3.8) is 0 Å². The summed E-state index contributed by atoms with van der Waals surface area (Å²) in [5.74, 6) is -2.67. The molecule has 0 saturated heterocycles. The highest BCUT2D eigenvalue weighted by atomic mass is 32.2. The fraction of sp³-hybridized carbons (Fsp3) is 0.364. The first-order valence-corrected chi connectivity index (χ1v) is 7.11. The van der Waals surface area contributed by atoms with Crippen molar-refractivity contribution < 1.29 is 36.2 Å². The van der Waals surface area contributed by atoms with Gasteiger partial charge in [0, 0.05) is 6.54 Å². The molecule has 1 rings (SSSR count). The van der Waals surface area contributed by atoms with Gasteiger partial charge in [-0.15, -0.1) is 0 Å². The monoisotopic (exact) mass is 327 g/mol. The third-order valence-electron chi connectivity index (χ3n) is 2.26. The lowest BCUT2D eigenvalue weighted by Crippen LogP contribution is -2.28. The Morgan fingerprint density at radius 3 is 2.62 bits per heavy atom. The molecule has 1 aromatic carbocycles. The van der Waals surface area contributed by atoms with E-state index in [2.05, 4.69) is 4.74 Å². The van der Waals surface area contributed by atoms with Crippen LogP contribution >= 0.6 is 0 Å². The topological polar surface area (TPSA) is 92.7 Å². The molecule has 2 N–H and O–H groups in total. The minimum absolute atomic E-state index is 0.281. The third-order valence-corrected chi connectivity index (χ3v) is 3.72. The van der Waals surface area contributed by atoms with Gasteiger partial charge in [-0.25, -0.2) is 31.1 Å². The summed E-state index contributed by atoms with van der Waals surface area (Å²) >= 11 is 0. The summed E-state index contributed by atoms with van der Waals surface area (Å²) in [6.07, 6.45) is -2.66. The second kappa shape index (κ2) is 7.38. The normalized spacial score (nSPS) is 11.8. The Morgan fingerprint density at radius 1 is 1.38 bits per heavy atom. The summed E-state index contributed by atoms with van der Waals surface area (Å²) in [7, 11) is -4.08. The van der Waals surface area contributed by atoms with Crippen LogP contribution in [-0.4, -0.2) is 45.7 Å². The molecule has 1 aromatic rings. The zero-order valence-corrected chi connectivity index (χ0v) is 11.4. The van der Waals surface area contributed by atoms with Crippen LogP contribution in [-0.2, 0) is 14.8 Å². The number of benzene rings is 1. The van der Waals surface area contributed by atoms with E-state index in [-0.39, 0.29) is 13.2 Å². The predicted octanol–water partition coefficient (Wildman–Crippen LogP) is 1.08. The van der Waals surface area contributed by atoms with Crippen LogP contribution in [0.3, 0.4) is 0 Å². The number of hydrogen-bond donors (Lipinski definition) is 2. The molecule has 0 amide bonds. The molecular formula is C11H12F3NO5S. The van der Waals surface area contributed by atoms with Crippen LogP contribution in [0.15, 0.2) is 23.1 Å². The van der Waals surface area contributed by atoms with Gasteiger partial charge in [0.2, 0.25) is 10.0 Å². The van der Waals surface area contributed by atoms with E-state index in [1.54, 1.807) is 0 Å². The quantitative estimate of drug-likeness (QED) is 0.697. The Labute approximate surface area is 118 Å². The fourth-order valence-electron chi connectivity index (χ4n) is 1.34. The molecule has 0 atom stereocenters. The second-order valence-corrected chi connectivity index (χ2v) is 5.58. The van der Waals surface area contributed by atoms with Gasteiger partial charge in [-0.05, 0) is 18.2 Å². The van der Waals surface area contributed by atoms with E-state index >= 15 is 0 Å². The molecule has 10 heteroatoms. The van der Waals surface area contributed by atoms with Gasteiger partial charge in [0.1, 0.15) is 12.4 Å².